The number of nitrogens with one attached hydrogen (secondary N) is 3. The van der Waals surface area contributed by atoms with Gasteiger partial charge in [-0.05, 0) is 115 Å². The molecule has 7 atom stereocenters. The van der Waals surface area contributed by atoms with Crippen LogP contribution in [0.1, 0.15) is 99.8 Å². The number of sulfonamides is 1. The number of amides is 4. The first kappa shape index (κ1) is 50.3. The van der Waals surface area contributed by atoms with Crippen molar-refractivity contribution in [1.29, 1.82) is 0 Å². The highest BCUT2D eigenvalue weighted by atomic mass is 32.2. The molecule has 4 amide bonds. The van der Waals surface area contributed by atoms with Crippen LogP contribution in [0.5, 0.6) is 17.2 Å². The number of rotatable bonds is 13. The maximum atomic E-state index is 15.4. The molecule has 19 heteroatoms. The summed E-state index contributed by atoms with van der Waals surface area (Å²) < 4.78 is 94.1. The van der Waals surface area contributed by atoms with Crippen molar-refractivity contribution in [3.8, 4) is 28.5 Å². The van der Waals surface area contributed by atoms with E-state index in [1.54, 1.807) is 51.1 Å². The molecular formula is C49H62F3N5O10S. The van der Waals surface area contributed by atoms with E-state index in [-0.39, 0.29) is 42.9 Å². The van der Waals surface area contributed by atoms with Gasteiger partial charge in [0.1, 0.15) is 35.2 Å². The minimum Gasteiger partial charge on any atom is -0.497 e. The number of carbonyl (C=O) groups excluding carboxylic acids is 4. The highest BCUT2D eigenvalue weighted by molar-refractivity contribution is 7.91. The standard InChI is InChI=1S/C49H62F3N5O10S/c1-9-29-20-28(4)12-10-11-13-31-25-49(31,45(60)56-68(62,63)48(7)18-19-48)55-42(58)38-23-33(26-57(38)43(59)41(29)54-46(61)67-47(5,6)44(51)52)66-40-24-36(53-37-22-32(64-8)15-16-34(37)40)30-14-17-39(35(50)21-30)65-27(2)3/h11,13-17,21-22,24,27-29,31,33,38,41,44H,9-10,12,18-20,23,25-26H2,1-8H3,(H,54,61)(H,55,58)(H,56,60)/b13-11-/t28-,29-,31-,33-,38+,41+,49-/m1/s1. The fourth-order valence-corrected chi connectivity index (χ4v) is 10.3. The van der Waals surface area contributed by atoms with Crippen LogP contribution in [0.15, 0.2) is 54.6 Å². The molecule has 0 unspecified atom stereocenters. The number of halogens is 3. The van der Waals surface area contributed by atoms with Crippen LogP contribution in [0, 0.1) is 23.6 Å². The lowest BCUT2D eigenvalue weighted by Crippen LogP contribution is -2.59. The molecule has 2 aromatic carbocycles. The van der Waals surface area contributed by atoms with E-state index in [1.807, 2.05) is 26.0 Å². The SMILES string of the molecule is CC[C@@H]1C[C@H](C)CC/C=C\[C@@H]2C[C@@]2(C(=O)NS(=O)(=O)C2(C)CC2)NC(=O)[C@@H]2C[C@@H](Oc3cc(-c4ccc(OC(C)C)c(F)c4)nc4cc(OC)ccc34)CN2C(=O)[C@H]1NC(=O)OC(C)(C)C(F)F. The largest absolute Gasteiger partial charge is 0.497 e. The molecule has 3 heterocycles. The molecule has 4 aliphatic rings. The predicted octanol–water partition coefficient (Wildman–Crippen LogP) is 7.60. The number of alkyl carbamates (subject to hydrolysis) is 1. The Morgan fingerprint density at radius 3 is 2.44 bits per heavy atom. The normalized spacial score (nSPS) is 26.7. The van der Waals surface area contributed by atoms with Crippen LogP contribution in [0.4, 0.5) is 18.0 Å². The summed E-state index contributed by atoms with van der Waals surface area (Å²) in [5.41, 5.74) is -2.73. The highest BCUT2D eigenvalue weighted by Crippen LogP contribution is 2.48. The van der Waals surface area contributed by atoms with Crippen molar-refractivity contribution in [2.75, 3.05) is 13.7 Å². The number of ether oxygens (including phenoxy) is 4. The first-order valence-corrected chi connectivity index (χ1v) is 24.7. The Labute approximate surface area is 395 Å². The van der Waals surface area contributed by atoms with Crippen LogP contribution in [-0.4, -0.2) is 102 Å². The van der Waals surface area contributed by atoms with Crippen LogP contribution in [0.2, 0.25) is 0 Å². The molecule has 0 radical (unpaired) electrons. The molecule has 7 rings (SSSR count). The Hall–Kier alpha value is -5.59. The van der Waals surface area contributed by atoms with Crippen LogP contribution < -0.4 is 29.6 Å². The molecule has 3 N–H and O–H groups in total. The van der Waals surface area contributed by atoms with E-state index < -0.39 is 92.0 Å². The Morgan fingerprint density at radius 1 is 1.06 bits per heavy atom. The zero-order chi connectivity index (χ0) is 49.5. The van der Waals surface area contributed by atoms with Crippen molar-refractivity contribution in [3.05, 3.63) is 60.4 Å². The summed E-state index contributed by atoms with van der Waals surface area (Å²) in [4.78, 5) is 63.7. The number of aromatic nitrogens is 1. The number of allylic oxidation sites excluding steroid dienone is 1. The van der Waals surface area contributed by atoms with Crippen molar-refractivity contribution in [2.24, 2.45) is 17.8 Å². The van der Waals surface area contributed by atoms with Gasteiger partial charge in [-0.25, -0.2) is 31.4 Å². The van der Waals surface area contributed by atoms with E-state index in [9.17, 15) is 31.6 Å². The van der Waals surface area contributed by atoms with Crippen molar-refractivity contribution in [3.63, 3.8) is 0 Å². The van der Waals surface area contributed by atoms with Crippen LogP contribution in [-0.2, 0) is 29.1 Å². The molecule has 2 saturated carbocycles. The summed E-state index contributed by atoms with van der Waals surface area (Å²) >= 11 is 0. The molecule has 1 aromatic heterocycles. The van der Waals surface area contributed by atoms with E-state index >= 15 is 9.18 Å². The van der Waals surface area contributed by atoms with E-state index in [2.05, 4.69) is 15.4 Å². The molecule has 3 fully saturated rings. The van der Waals surface area contributed by atoms with Gasteiger partial charge in [0.2, 0.25) is 21.8 Å². The van der Waals surface area contributed by atoms with Gasteiger partial charge in [-0.1, -0.05) is 32.4 Å². The van der Waals surface area contributed by atoms with Crippen molar-refractivity contribution in [2.45, 2.75) is 146 Å². The van der Waals surface area contributed by atoms with Crippen molar-refractivity contribution >= 4 is 44.7 Å². The lowest BCUT2D eigenvalue weighted by molar-refractivity contribution is -0.142. The number of methoxy groups -OCH3 is 1. The van der Waals surface area contributed by atoms with Gasteiger partial charge in [-0.3, -0.25) is 19.1 Å². The predicted molar refractivity (Wildman–Crippen MR) is 247 cm³/mol. The smallest absolute Gasteiger partial charge is 0.408 e. The number of alkyl halides is 2. The fourth-order valence-electron chi connectivity index (χ4n) is 8.99. The van der Waals surface area contributed by atoms with E-state index in [0.29, 0.717) is 66.4 Å². The second-order valence-corrected chi connectivity index (χ2v) is 22.0. The quantitative estimate of drug-likeness (QED) is 0.143. The molecule has 15 nitrogen and oxygen atoms in total. The van der Waals surface area contributed by atoms with Gasteiger partial charge >= 0.3 is 6.09 Å². The maximum absolute atomic E-state index is 15.4. The molecule has 2 aliphatic carbocycles. The molecule has 2 aliphatic heterocycles. The third-order valence-corrected chi connectivity index (χ3v) is 15.8. The number of fused-ring (bicyclic) bond motifs is 3. The second-order valence-electron chi connectivity index (χ2n) is 19.8. The summed E-state index contributed by atoms with van der Waals surface area (Å²) in [5.74, 6) is -3.30. The van der Waals surface area contributed by atoms with Gasteiger partial charge < -0.3 is 34.5 Å². The third-order valence-electron chi connectivity index (χ3n) is 13.6. The van der Waals surface area contributed by atoms with Crippen LogP contribution >= 0.6 is 0 Å². The Kier molecular flexibility index (Phi) is 14.4. The maximum Gasteiger partial charge on any atom is 0.408 e. The summed E-state index contributed by atoms with van der Waals surface area (Å²) in [5, 5.41) is 5.97. The first-order chi connectivity index (χ1) is 32.0. The molecule has 0 spiro atoms. The minimum absolute atomic E-state index is 0.0116. The number of pyridine rings is 1. The van der Waals surface area contributed by atoms with Gasteiger partial charge in [-0.2, -0.15) is 0 Å². The Balaban J connectivity index is 1.28. The van der Waals surface area contributed by atoms with Crippen LogP contribution in [0.3, 0.4) is 0 Å². The van der Waals surface area contributed by atoms with Gasteiger partial charge in [0.05, 0.1) is 35.7 Å². The van der Waals surface area contributed by atoms with E-state index in [4.69, 9.17) is 23.9 Å². The molecule has 0 bridgehead atoms. The van der Waals surface area contributed by atoms with Gasteiger partial charge in [0.15, 0.2) is 17.2 Å². The average Bonchev–Trinajstić information content (AvgIpc) is 4.16. The Morgan fingerprint density at radius 2 is 1.79 bits per heavy atom. The molecular weight excluding hydrogens is 908 g/mol. The number of carbonyl (C=O) groups is 4. The lowest BCUT2D eigenvalue weighted by atomic mass is 9.85. The highest BCUT2D eigenvalue weighted by Gasteiger charge is 2.63. The topological polar surface area (TPSA) is 192 Å². The zero-order valence-electron chi connectivity index (χ0n) is 39.7. The minimum atomic E-state index is -4.11. The first-order valence-electron chi connectivity index (χ1n) is 23.2. The number of benzene rings is 2. The van der Waals surface area contributed by atoms with Gasteiger partial charge in [0, 0.05) is 35.4 Å². The number of hydrogen-bond acceptors (Lipinski definition) is 11. The van der Waals surface area contributed by atoms with E-state index in [1.165, 1.54) is 24.1 Å². The van der Waals surface area contributed by atoms with E-state index in [0.717, 1.165) is 13.8 Å². The number of nitrogens with zero attached hydrogens (tertiary/aromatic N) is 2. The third kappa shape index (κ3) is 10.7. The monoisotopic (exact) mass is 969 g/mol. The molecule has 3 aromatic rings. The fraction of sp³-hybridized carbons (Fsp3) is 0.571. The second kappa shape index (κ2) is 19.4. The van der Waals surface area contributed by atoms with Crippen molar-refractivity contribution < 1.29 is 59.7 Å². The number of hydrogen-bond donors (Lipinski definition) is 3. The Bertz CT molecular complexity index is 2570. The average molecular weight is 970 g/mol. The lowest BCUT2D eigenvalue weighted by Gasteiger charge is -2.34. The molecule has 68 heavy (non-hydrogen) atoms. The summed E-state index contributed by atoms with van der Waals surface area (Å²) in [6, 6.07) is 8.48. The van der Waals surface area contributed by atoms with Gasteiger partial charge in [-0.15, -0.1) is 0 Å². The summed E-state index contributed by atoms with van der Waals surface area (Å²) in [7, 11) is -2.61. The molecule has 370 valence electrons. The van der Waals surface area contributed by atoms with Crippen molar-refractivity contribution in [1.82, 2.24) is 25.2 Å². The van der Waals surface area contributed by atoms with Crippen LogP contribution in [0.25, 0.3) is 22.2 Å². The summed E-state index contributed by atoms with van der Waals surface area (Å²) in [6.07, 6.45) is 0.906. The van der Waals surface area contributed by atoms with Gasteiger partial charge in [0.25, 0.3) is 12.3 Å². The zero-order valence-corrected chi connectivity index (χ0v) is 40.5. The summed E-state index contributed by atoms with van der Waals surface area (Å²) in [6.45, 7) is 10.8. The molecule has 1 saturated heterocycles.